The number of nitrogens with zero attached hydrogens (tertiary/aromatic N) is 1. The third-order valence-electron chi connectivity index (χ3n) is 3.60. The number of nitrogen functional groups attached to an aromatic ring is 1. The van der Waals surface area contributed by atoms with E-state index in [4.69, 9.17) is 15.9 Å². The first-order valence-electron chi connectivity index (χ1n) is 6.55. The van der Waals surface area contributed by atoms with Crippen molar-refractivity contribution in [2.75, 3.05) is 20.2 Å². The Morgan fingerprint density at radius 1 is 1.53 bits per heavy atom. The SMILES string of the molecule is CN1CCCCC1COc1cccc(Br)c1C(=N)N. The molecule has 0 aromatic heterocycles. The fraction of sp³-hybridized carbons (Fsp3) is 0.500. The Morgan fingerprint density at radius 2 is 2.32 bits per heavy atom. The third-order valence-corrected chi connectivity index (χ3v) is 4.26. The number of hydrogen-bond acceptors (Lipinski definition) is 3. The number of hydrogen-bond donors (Lipinski definition) is 2. The van der Waals surface area contributed by atoms with Crippen LogP contribution in [0.25, 0.3) is 0 Å². The summed E-state index contributed by atoms with van der Waals surface area (Å²) in [6, 6.07) is 6.09. The highest BCUT2D eigenvalue weighted by molar-refractivity contribution is 9.10. The molecule has 0 radical (unpaired) electrons. The van der Waals surface area contributed by atoms with E-state index in [2.05, 4.69) is 27.9 Å². The first-order valence-corrected chi connectivity index (χ1v) is 7.35. The average molecular weight is 326 g/mol. The molecule has 1 aliphatic rings. The van der Waals surface area contributed by atoms with Gasteiger partial charge in [0, 0.05) is 10.5 Å². The van der Waals surface area contributed by atoms with Crippen LogP contribution in [0.15, 0.2) is 22.7 Å². The molecule has 104 valence electrons. The minimum atomic E-state index is 0.0273. The molecule has 1 heterocycles. The fourth-order valence-corrected chi connectivity index (χ4v) is 2.99. The molecule has 1 unspecified atom stereocenters. The molecule has 1 atom stereocenters. The Balaban J connectivity index is 2.07. The zero-order chi connectivity index (χ0) is 13.8. The van der Waals surface area contributed by atoms with Gasteiger partial charge in [0.25, 0.3) is 0 Å². The number of likely N-dealkylation sites (N-methyl/N-ethyl adjacent to an activating group) is 1. The van der Waals surface area contributed by atoms with Gasteiger partial charge in [-0.15, -0.1) is 0 Å². The van der Waals surface area contributed by atoms with Gasteiger partial charge in [0.05, 0.1) is 5.56 Å². The zero-order valence-corrected chi connectivity index (χ0v) is 12.7. The van der Waals surface area contributed by atoms with Gasteiger partial charge in [0.1, 0.15) is 18.2 Å². The van der Waals surface area contributed by atoms with Gasteiger partial charge in [-0.2, -0.15) is 0 Å². The van der Waals surface area contributed by atoms with E-state index in [0.717, 1.165) is 11.0 Å². The van der Waals surface area contributed by atoms with Gasteiger partial charge in [-0.25, -0.2) is 0 Å². The van der Waals surface area contributed by atoms with Crippen molar-refractivity contribution in [2.24, 2.45) is 5.73 Å². The summed E-state index contributed by atoms with van der Waals surface area (Å²) in [5.41, 5.74) is 6.25. The molecular weight excluding hydrogens is 306 g/mol. The lowest BCUT2D eigenvalue weighted by atomic mass is 10.0. The number of benzene rings is 1. The van der Waals surface area contributed by atoms with E-state index in [1.165, 1.54) is 19.3 Å². The van der Waals surface area contributed by atoms with Crippen LogP contribution in [-0.2, 0) is 0 Å². The normalized spacial score (nSPS) is 20.2. The summed E-state index contributed by atoms with van der Waals surface area (Å²) in [6.45, 7) is 1.78. The van der Waals surface area contributed by atoms with Crippen molar-refractivity contribution < 1.29 is 4.74 Å². The zero-order valence-electron chi connectivity index (χ0n) is 11.2. The van der Waals surface area contributed by atoms with E-state index in [-0.39, 0.29) is 5.84 Å². The maximum atomic E-state index is 7.64. The number of halogens is 1. The Hall–Kier alpha value is -1.07. The number of nitrogens with one attached hydrogen (secondary N) is 1. The lowest BCUT2D eigenvalue weighted by Gasteiger charge is -2.32. The highest BCUT2D eigenvalue weighted by Crippen LogP contribution is 2.27. The summed E-state index contributed by atoms with van der Waals surface area (Å²) in [6.07, 6.45) is 3.69. The molecule has 4 nitrogen and oxygen atoms in total. The third kappa shape index (κ3) is 3.48. The lowest BCUT2D eigenvalue weighted by Crippen LogP contribution is -2.40. The van der Waals surface area contributed by atoms with Crippen molar-refractivity contribution in [1.82, 2.24) is 4.90 Å². The van der Waals surface area contributed by atoms with Crippen molar-refractivity contribution >= 4 is 21.8 Å². The molecule has 0 saturated carbocycles. The molecule has 3 N–H and O–H groups in total. The van der Waals surface area contributed by atoms with Crippen molar-refractivity contribution in [3.63, 3.8) is 0 Å². The first-order chi connectivity index (χ1) is 9.09. The molecular formula is C14H20BrN3O. The molecule has 19 heavy (non-hydrogen) atoms. The highest BCUT2D eigenvalue weighted by Gasteiger charge is 2.20. The van der Waals surface area contributed by atoms with Crippen LogP contribution in [0.2, 0.25) is 0 Å². The Morgan fingerprint density at radius 3 is 3.00 bits per heavy atom. The standard InChI is InChI=1S/C14H20BrN3O/c1-18-8-3-2-5-10(18)9-19-12-7-4-6-11(15)13(12)14(16)17/h4,6-7,10H,2-3,5,8-9H2,1H3,(H3,16,17). The fourth-order valence-electron chi connectivity index (χ4n) is 2.43. The summed E-state index contributed by atoms with van der Waals surface area (Å²) < 4.78 is 6.70. The van der Waals surface area contributed by atoms with Crippen LogP contribution in [0.1, 0.15) is 24.8 Å². The first kappa shape index (κ1) is 14.3. The molecule has 0 amide bonds. The molecule has 2 rings (SSSR count). The van der Waals surface area contributed by atoms with Crippen LogP contribution in [0, 0.1) is 5.41 Å². The number of piperidine rings is 1. The molecule has 1 aromatic carbocycles. The van der Waals surface area contributed by atoms with Crippen LogP contribution in [0.4, 0.5) is 0 Å². The van der Waals surface area contributed by atoms with Gasteiger partial charge >= 0.3 is 0 Å². The van der Waals surface area contributed by atoms with Gasteiger partial charge in [0.15, 0.2) is 0 Å². The summed E-state index contributed by atoms with van der Waals surface area (Å²) in [5.74, 6) is 0.709. The molecule has 1 aromatic rings. The summed E-state index contributed by atoms with van der Waals surface area (Å²) in [5, 5.41) is 7.64. The molecule has 5 heteroatoms. The number of rotatable bonds is 4. The van der Waals surface area contributed by atoms with Crippen LogP contribution >= 0.6 is 15.9 Å². The van der Waals surface area contributed by atoms with E-state index in [0.29, 0.717) is 24.0 Å². The van der Waals surface area contributed by atoms with Crippen molar-refractivity contribution in [3.05, 3.63) is 28.2 Å². The number of ether oxygens (including phenoxy) is 1. The van der Waals surface area contributed by atoms with Crippen molar-refractivity contribution in [2.45, 2.75) is 25.3 Å². The second kappa shape index (κ2) is 6.39. The summed E-state index contributed by atoms with van der Waals surface area (Å²) in [7, 11) is 2.14. The van der Waals surface area contributed by atoms with Crippen molar-refractivity contribution in [3.8, 4) is 5.75 Å². The van der Waals surface area contributed by atoms with Crippen LogP contribution in [0.5, 0.6) is 5.75 Å². The highest BCUT2D eigenvalue weighted by atomic mass is 79.9. The Labute approximate surface area is 122 Å². The molecule has 1 aliphatic heterocycles. The maximum Gasteiger partial charge on any atom is 0.131 e. The van der Waals surface area contributed by atoms with E-state index >= 15 is 0 Å². The van der Waals surface area contributed by atoms with E-state index in [1.54, 1.807) is 0 Å². The van der Waals surface area contributed by atoms with E-state index < -0.39 is 0 Å². The van der Waals surface area contributed by atoms with Crippen molar-refractivity contribution in [1.29, 1.82) is 5.41 Å². The van der Waals surface area contributed by atoms with Crippen LogP contribution < -0.4 is 10.5 Å². The molecule has 0 spiro atoms. The number of nitrogens with two attached hydrogens (primary N) is 1. The van der Waals surface area contributed by atoms with E-state index in [1.807, 2.05) is 18.2 Å². The largest absolute Gasteiger partial charge is 0.491 e. The predicted octanol–water partition coefficient (Wildman–Crippen LogP) is 2.60. The topological polar surface area (TPSA) is 62.3 Å². The van der Waals surface area contributed by atoms with Crippen LogP contribution in [-0.4, -0.2) is 37.0 Å². The maximum absolute atomic E-state index is 7.64. The average Bonchev–Trinajstić information content (AvgIpc) is 2.37. The van der Waals surface area contributed by atoms with Gasteiger partial charge in [-0.05, 0) is 54.5 Å². The van der Waals surface area contributed by atoms with Gasteiger partial charge in [-0.3, -0.25) is 5.41 Å². The van der Waals surface area contributed by atoms with Gasteiger partial charge < -0.3 is 15.4 Å². The quantitative estimate of drug-likeness (QED) is 0.660. The minimum absolute atomic E-state index is 0.0273. The molecule has 1 fully saturated rings. The molecule has 0 aliphatic carbocycles. The number of likely N-dealkylation sites (tertiary alicyclic amines) is 1. The number of amidine groups is 1. The lowest BCUT2D eigenvalue weighted by molar-refractivity contribution is 0.125. The molecule has 1 saturated heterocycles. The predicted molar refractivity (Wildman–Crippen MR) is 80.9 cm³/mol. The molecule has 0 bridgehead atoms. The smallest absolute Gasteiger partial charge is 0.131 e. The van der Waals surface area contributed by atoms with Gasteiger partial charge in [-0.1, -0.05) is 12.5 Å². The second-order valence-electron chi connectivity index (χ2n) is 4.97. The van der Waals surface area contributed by atoms with E-state index in [9.17, 15) is 0 Å². The van der Waals surface area contributed by atoms with Gasteiger partial charge in [0.2, 0.25) is 0 Å². The van der Waals surface area contributed by atoms with Crippen LogP contribution in [0.3, 0.4) is 0 Å². The Bertz CT molecular complexity index is 464. The summed E-state index contributed by atoms with van der Waals surface area (Å²) in [4.78, 5) is 2.34. The Kier molecular flexibility index (Phi) is 4.82. The summed E-state index contributed by atoms with van der Waals surface area (Å²) >= 11 is 3.41. The minimum Gasteiger partial charge on any atom is -0.491 e. The monoisotopic (exact) mass is 325 g/mol. The second-order valence-corrected chi connectivity index (χ2v) is 5.82.